The van der Waals surface area contributed by atoms with Crippen LogP contribution in [0.4, 0.5) is 0 Å². The molecule has 0 bridgehead atoms. The molecule has 4 saturated heterocycles. The summed E-state index contributed by atoms with van der Waals surface area (Å²) in [5.74, 6) is -0.572. The minimum atomic E-state index is -0.738. The van der Waals surface area contributed by atoms with Crippen LogP contribution in [0.15, 0.2) is 12.1 Å². The number of benzene rings is 1. The largest absolute Gasteiger partial charge is 0.459 e. The average molecular weight is 923 g/mol. The summed E-state index contributed by atoms with van der Waals surface area (Å²) in [7, 11) is 0. The standard InChI is InChI=1S/C54H90N4O8/c1-27(2)43-17-35(18-44(55-43)28(3)4)63-51(59)39-25-41(53(61)65-37-21-47(31(9)10)57-48(22-37)32(11)12)42(54(62)66-38-23-49(33(13)14)58-50(24-38)34(15)16)26-40(39)52(60)64-36-19-45(29(5)6)56-46(20-36)30(7)8/h25-38,43-50,55-58H,17-24H2,1-16H3. The monoisotopic (exact) mass is 923 g/mol. The van der Waals surface area contributed by atoms with Gasteiger partial charge in [-0.3, -0.25) is 0 Å². The summed E-state index contributed by atoms with van der Waals surface area (Å²) in [6, 6.07) is 3.66. The summed E-state index contributed by atoms with van der Waals surface area (Å²) in [5.41, 5.74) is -0.478. The van der Waals surface area contributed by atoms with Crippen LogP contribution in [-0.4, -0.2) is 96.6 Å². The van der Waals surface area contributed by atoms with Crippen LogP contribution in [0.25, 0.3) is 0 Å². The van der Waals surface area contributed by atoms with Crippen molar-refractivity contribution >= 4 is 23.9 Å². The normalized spacial score (nSPS) is 31.0. The van der Waals surface area contributed by atoms with Gasteiger partial charge in [0.2, 0.25) is 0 Å². The lowest BCUT2D eigenvalue weighted by atomic mass is 9.85. The smallest absolute Gasteiger partial charge is 0.339 e. The van der Waals surface area contributed by atoms with E-state index in [0.717, 1.165) is 0 Å². The SMILES string of the molecule is CC(C)C1CC(OC(=O)c2cc(C(=O)OC3CC(C(C)C)NC(C(C)C)C3)c(C(=O)OC3CC(C(C)C)NC(C(C)C)C3)cc2C(=O)OC2CC(C(C)C)NC(C(C)C)C2)CC(C(C)C)N1. The van der Waals surface area contributed by atoms with Crippen LogP contribution in [0.2, 0.25) is 0 Å². The Morgan fingerprint density at radius 2 is 0.455 bits per heavy atom. The number of carbonyl (C=O) groups is 4. The molecule has 8 unspecified atom stereocenters. The summed E-state index contributed by atoms with van der Waals surface area (Å²) < 4.78 is 25.6. The van der Waals surface area contributed by atoms with Crippen molar-refractivity contribution < 1.29 is 38.1 Å². The first-order valence-corrected chi connectivity index (χ1v) is 26.0. The topological polar surface area (TPSA) is 153 Å². The number of ether oxygens (including phenoxy) is 4. The summed E-state index contributed by atoms with van der Waals surface area (Å²) in [4.78, 5) is 59.3. The Morgan fingerprint density at radius 3 is 0.576 bits per heavy atom. The Balaban J connectivity index is 1.61. The highest BCUT2D eigenvalue weighted by atomic mass is 16.6. The van der Waals surface area contributed by atoms with Crippen molar-refractivity contribution in [2.45, 2.75) is 235 Å². The van der Waals surface area contributed by atoms with Gasteiger partial charge in [-0.2, -0.15) is 0 Å². The van der Waals surface area contributed by atoms with Gasteiger partial charge in [0, 0.05) is 99.7 Å². The zero-order chi connectivity index (χ0) is 48.9. The molecular formula is C54H90N4O8. The van der Waals surface area contributed by atoms with Crippen molar-refractivity contribution in [3.63, 3.8) is 0 Å². The zero-order valence-corrected chi connectivity index (χ0v) is 43.6. The molecule has 5 rings (SSSR count). The van der Waals surface area contributed by atoms with E-state index in [2.05, 4.69) is 132 Å². The average Bonchev–Trinajstić information content (AvgIpc) is 3.25. The van der Waals surface area contributed by atoms with E-state index in [0.29, 0.717) is 98.7 Å². The third-order valence-corrected chi connectivity index (χ3v) is 15.4. The Bertz CT molecular complexity index is 1480. The maximum atomic E-state index is 14.8. The van der Waals surface area contributed by atoms with Gasteiger partial charge in [0.1, 0.15) is 24.4 Å². The van der Waals surface area contributed by atoms with Crippen LogP contribution >= 0.6 is 0 Å². The predicted molar refractivity (Wildman–Crippen MR) is 262 cm³/mol. The summed E-state index contributed by atoms with van der Waals surface area (Å²) >= 11 is 0. The van der Waals surface area contributed by atoms with E-state index in [4.69, 9.17) is 18.9 Å². The highest BCUT2D eigenvalue weighted by Crippen LogP contribution is 2.33. The molecule has 0 saturated carbocycles. The first kappa shape index (κ1) is 53.9. The molecule has 0 spiro atoms. The van der Waals surface area contributed by atoms with E-state index in [1.54, 1.807) is 0 Å². The summed E-state index contributed by atoms with van der Waals surface area (Å²) in [5, 5.41) is 15.0. The van der Waals surface area contributed by atoms with Gasteiger partial charge in [-0.05, 0) is 59.5 Å². The third-order valence-electron chi connectivity index (χ3n) is 15.4. The van der Waals surface area contributed by atoms with Crippen LogP contribution < -0.4 is 21.3 Å². The predicted octanol–water partition coefficient (Wildman–Crippen LogP) is 9.52. The molecule has 0 amide bonds. The van der Waals surface area contributed by atoms with Crippen molar-refractivity contribution in [2.75, 3.05) is 0 Å². The second-order valence-electron chi connectivity index (χ2n) is 23.4. The molecule has 374 valence electrons. The minimum Gasteiger partial charge on any atom is -0.459 e. The van der Waals surface area contributed by atoms with Crippen molar-refractivity contribution in [1.29, 1.82) is 0 Å². The van der Waals surface area contributed by atoms with E-state index in [9.17, 15) is 19.2 Å². The highest BCUT2D eigenvalue weighted by Gasteiger charge is 2.40. The summed E-state index contributed by atoms with van der Waals surface area (Å²) in [6.45, 7) is 34.5. The number of piperidine rings is 4. The lowest BCUT2D eigenvalue weighted by Crippen LogP contribution is -2.53. The van der Waals surface area contributed by atoms with Gasteiger partial charge >= 0.3 is 23.9 Å². The molecule has 0 aliphatic carbocycles. The van der Waals surface area contributed by atoms with Crippen LogP contribution in [0, 0.1) is 47.3 Å². The molecule has 4 aliphatic heterocycles. The molecule has 4 fully saturated rings. The van der Waals surface area contributed by atoms with Crippen molar-refractivity contribution in [1.82, 2.24) is 21.3 Å². The molecule has 1 aromatic rings. The van der Waals surface area contributed by atoms with Crippen molar-refractivity contribution in [3.05, 3.63) is 34.4 Å². The van der Waals surface area contributed by atoms with Crippen LogP contribution in [0.3, 0.4) is 0 Å². The van der Waals surface area contributed by atoms with Crippen molar-refractivity contribution in [2.24, 2.45) is 47.3 Å². The first-order valence-electron chi connectivity index (χ1n) is 26.0. The van der Waals surface area contributed by atoms with Gasteiger partial charge in [-0.25, -0.2) is 19.2 Å². The van der Waals surface area contributed by atoms with E-state index in [1.807, 2.05) is 0 Å². The summed E-state index contributed by atoms with van der Waals surface area (Å²) in [6.07, 6.45) is 3.04. The van der Waals surface area contributed by atoms with Crippen LogP contribution in [0.1, 0.15) is 204 Å². The van der Waals surface area contributed by atoms with E-state index < -0.39 is 48.3 Å². The van der Waals surface area contributed by atoms with Crippen LogP contribution in [-0.2, 0) is 18.9 Å². The second-order valence-corrected chi connectivity index (χ2v) is 23.4. The molecule has 66 heavy (non-hydrogen) atoms. The van der Waals surface area contributed by atoms with E-state index in [-0.39, 0.29) is 70.6 Å². The number of hydrogen-bond donors (Lipinski definition) is 4. The number of esters is 4. The maximum Gasteiger partial charge on any atom is 0.339 e. The Labute approximate surface area is 398 Å². The van der Waals surface area contributed by atoms with Gasteiger partial charge in [-0.1, -0.05) is 111 Å². The van der Waals surface area contributed by atoms with Gasteiger partial charge in [0.05, 0.1) is 22.3 Å². The molecular weight excluding hydrogens is 833 g/mol. The zero-order valence-electron chi connectivity index (χ0n) is 43.6. The third kappa shape index (κ3) is 14.0. The minimum absolute atomic E-state index is 0.119. The molecule has 8 atom stereocenters. The van der Waals surface area contributed by atoms with Gasteiger partial charge < -0.3 is 40.2 Å². The molecule has 12 heteroatoms. The quantitative estimate of drug-likeness (QED) is 0.0923. The molecule has 1 aromatic carbocycles. The van der Waals surface area contributed by atoms with Crippen molar-refractivity contribution in [3.8, 4) is 0 Å². The number of carbonyl (C=O) groups excluding carboxylic acids is 4. The highest BCUT2D eigenvalue weighted by molar-refractivity contribution is 6.10. The lowest BCUT2D eigenvalue weighted by Gasteiger charge is -2.40. The maximum absolute atomic E-state index is 14.8. The molecule has 4 N–H and O–H groups in total. The molecule has 4 heterocycles. The molecule has 0 aromatic heterocycles. The van der Waals surface area contributed by atoms with E-state index >= 15 is 0 Å². The van der Waals surface area contributed by atoms with Crippen LogP contribution in [0.5, 0.6) is 0 Å². The number of hydrogen-bond acceptors (Lipinski definition) is 12. The van der Waals surface area contributed by atoms with Gasteiger partial charge in [0.15, 0.2) is 0 Å². The molecule has 12 nitrogen and oxygen atoms in total. The molecule has 0 radical (unpaired) electrons. The van der Waals surface area contributed by atoms with Gasteiger partial charge in [0.25, 0.3) is 0 Å². The number of nitrogens with one attached hydrogen (secondary N) is 4. The Kier molecular flexibility index (Phi) is 19.2. The second kappa shape index (κ2) is 23.5. The first-order chi connectivity index (χ1) is 30.9. The fraction of sp³-hybridized carbons (Fsp3) is 0.815. The van der Waals surface area contributed by atoms with Gasteiger partial charge in [-0.15, -0.1) is 0 Å². The Morgan fingerprint density at radius 1 is 0.318 bits per heavy atom. The Hall–Kier alpha value is -3.06. The fourth-order valence-electron chi connectivity index (χ4n) is 10.5. The number of rotatable bonds is 16. The fourth-order valence-corrected chi connectivity index (χ4v) is 10.5. The van der Waals surface area contributed by atoms with E-state index in [1.165, 1.54) is 12.1 Å². The lowest BCUT2D eigenvalue weighted by molar-refractivity contribution is 0.000442. The molecule has 4 aliphatic rings.